The van der Waals surface area contributed by atoms with Crippen molar-refractivity contribution in [2.45, 2.75) is 83.5 Å². The lowest BCUT2D eigenvalue weighted by molar-refractivity contribution is 0.547. The van der Waals surface area contributed by atoms with E-state index in [0.29, 0.717) is 0 Å². The van der Waals surface area contributed by atoms with Crippen LogP contribution < -0.4 is 0 Å². The summed E-state index contributed by atoms with van der Waals surface area (Å²) in [5, 5.41) is 0. The maximum absolute atomic E-state index is 3.36. The third-order valence-corrected chi connectivity index (χ3v) is 4.65. The second-order valence-electron chi connectivity index (χ2n) is 7.15. The molecule has 0 heteroatoms. The van der Waals surface area contributed by atoms with E-state index in [9.17, 15) is 0 Å². The van der Waals surface area contributed by atoms with E-state index < -0.39 is 0 Å². The third kappa shape index (κ3) is 18.8. The smallest absolute Gasteiger partial charge is 0.0276 e. The van der Waals surface area contributed by atoms with E-state index in [1.807, 2.05) is 30.4 Å². The molecule has 1 aliphatic rings. The van der Waals surface area contributed by atoms with E-state index in [1.54, 1.807) is 0 Å². The Morgan fingerprint density at radius 1 is 0.370 bits per heavy atom. The fourth-order valence-corrected chi connectivity index (χ4v) is 3.04. The van der Waals surface area contributed by atoms with Gasteiger partial charge in [0.25, 0.3) is 0 Å². The van der Waals surface area contributed by atoms with Crippen molar-refractivity contribution in [3.63, 3.8) is 0 Å². The van der Waals surface area contributed by atoms with Crippen LogP contribution in [-0.4, -0.2) is 0 Å². The van der Waals surface area contributed by atoms with Gasteiger partial charge >= 0.3 is 0 Å². The predicted molar refractivity (Wildman–Crippen MR) is 123 cm³/mol. The second kappa shape index (κ2) is 20.5. The van der Waals surface area contributed by atoms with Gasteiger partial charge in [0.05, 0.1) is 0 Å². The topological polar surface area (TPSA) is 0 Å². The normalized spacial score (nSPS) is 28.1. The van der Waals surface area contributed by atoms with E-state index in [1.165, 1.54) is 77.0 Å². The monoisotopic (exact) mass is 363 g/mol. The van der Waals surface area contributed by atoms with E-state index in [-0.39, 0.29) is 0 Å². The molecule has 0 aromatic rings. The van der Waals surface area contributed by atoms with Crippen molar-refractivity contribution in [2.75, 3.05) is 0 Å². The van der Waals surface area contributed by atoms with Crippen LogP contribution in [0.5, 0.6) is 0 Å². The highest BCUT2D eigenvalue weighted by atomic mass is 14.0. The first-order valence-corrected chi connectivity index (χ1v) is 11.1. The minimum absolute atomic E-state index is 1.08. The molecular formula is C27H39. The van der Waals surface area contributed by atoms with Crippen molar-refractivity contribution < 1.29 is 0 Å². The molecule has 0 unspecified atom stereocenters. The van der Waals surface area contributed by atoms with Crippen molar-refractivity contribution in [2.24, 2.45) is 0 Å². The summed E-state index contributed by atoms with van der Waals surface area (Å²) in [6.45, 7) is 0. The van der Waals surface area contributed by atoms with E-state index in [0.717, 1.165) is 6.42 Å². The van der Waals surface area contributed by atoms with Gasteiger partial charge in [-0.05, 0) is 31.8 Å². The molecule has 27 heavy (non-hydrogen) atoms. The van der Waals surface area contributed by atoms with Crippen LogP contribution >= 0.6 is 0 Å². The first kappa shape index (κ1) is 23.2. The molecule has 0 bridgehead atoms. The summed E-state index contributed by atoms with van der Waals surface area (Å²) >= 11 is 0. The highest BCUT2D eigenvalue weighted by Crippen LogP contribution is 2.12. The summed E-state index contributed by atoms with van der Waals surface area (Å²) in [7, 11) is 0. The van der Waals surface area contributed by atoms with Crippen LogP contribution in [0, 0.1) is 6.08 Å². The molecule has 0 spiro atoms. The molecule has 0 N–H and O–H groups in total. The Morgan fingerprint density at radius 3 is 1.33 bits per heavy atom. The van der Waals surface area contributed by atoms with Crippen molar-refractivity contribution in [1.29, 1.82) is 0 Å². The molecule has 0 aromatic heterocycles. The molecule has 1 aliphatic carbocycles. The van der Waals surface area contributed by atoms with Crippen molar-refractivity contribution >= 4 is 0 Å². The highest BCUT2D eigenvalue weighted by molar-refractivity contribution is 5.20. The van der Waals surface area contributed by atoms with Gasteiger partial charge in [-0.1, -0.05) is 137 Å². The van der Waals surface area contributed by atoms with Crippen LogP contribution in [0.1, 0.15) is 83.5 Å². The fraction of sp³-hybridized carbons (Fsp3) is 0.481. The van der Waals surface area contributed by atoms with Crippen LogP contribution in [0.3, 0.4) is 0 Å². The maximum atomic E-state index is 3.36. The van der Waals surface area contributed by atoms with Gasteiger partial charge in [-0.3, -0.25) is 0 Å². The van der Waals surface area contributed by atoms with Crippen LogP contribution in [0.25, 0.3) is 0 Å². The third-order valence-electron chi connectivity index (χ3n) is 4.65. The van der Waals surface area contributed by atoms with Crippen LogP contribution in [0.15, 0.2) is 79.0 Å². The Labute approximate surface area is 168 Å². The molecule has 0 saturated heterocycles. The average Bonchev–Trinajstić information content (AvgIpc) is 2.68. The van der Waals surface area contributed by atoms with Crippen molar-refractivity contribution in [3.05, 3.63) is 85.1 Å². The Kier molecular flexibility index (Phi) is 17.6. The first-order chi connectivity index (χ1) is 13.5. The van der Waals surface area contributed by atoms with Gasteiger partial charge in [0.2, 0.25) is 0 Å². The van der Waals surface area contributed by atoms with Crippen molar-refractivity contribution in [3.8, 4) is 0 Å². The molecule has 1 rings (SSSR count). The number of hydrogen-bond acceptors (Lipinski definition) is 0. The van der Waals surface area contributed by atoms with E-state index >= 15 is 0 Å². The summed E-state index contributed by atoms with van der Waals surface area (Å²) in [6.07, 6.45) is 48.0. The molecule has 0 aromatic carbocycles. The van der Waals surface area contributed by atoms with Gasteiger partial charge in [-0.15, -0.1) is 0 Å². The zero-order valence-corrected chi connectivity index (χ0v) is 17.2. The van der Waals surface area contributed by atoms with Gasteiger partial charge in [0.15, 0.2) is 0 Å². The van der Waals surface area contributed by atoms with Crippen LogP contribution in [0.4, 0.5) is 0 Å². The largest absolute Gasteiger partial charge is 0.0845 e. The zero-order chi connectivity index (χ0) is 19.1. The van der Waals surface area contributed by atoms with Crippen LogP contribution in [0.2, 0.25) is 0 Å². The van der Waals surface area contributed by atoms with Crippen LogP contribution in [-0.2, 0) is 0 Å². The Bertz CT molecular complexity index is 462. The minimum Gasteiger partial charge on any atom is -0.0845 e. The lowest BCUT2D eigenvalue weighted by Crippen LogP contribution is -1.82. The molecule has 0 fully saturated rings. The van der Waals surface area contributed by atoms with Gasteiger partial charge < -0.3 is 0 Å². The molecule has 0 nitrogen and oxygen atoms in total. The Balaban J connectivity index is 2.32. The summed E-state index contributed by atoms with van der Waals surface area (Å²) < 4.78 is 0. The standard InChI is InChI=1S/C27H39/c1-2-4-6-8-10-12-14-16-18-20-22-24-26-27-25-23-21-19-17-15-13-11-9-7-5-3-1/h1-13H,14,16-27H2/b3-1-,4-2-,7-5-,8-6-,11-9-,12-10-,15-13?. The lowest BCUT2D eigenvalue weighted by Gasteiger charge is -2.02. The zero-order valence-electron chi connectivity index (χ0n) is 17.2. The van der Waals surface area contributed by atoms with Gasteiger partial charge in [-0.25, -0.2) is 0 Å². The Morgan fingerprint density at radius 2 is 0.778 bits per heavy atom. The second-order valence-corrected chi connectivity index (χ2v) is 7.15. The summed E-state index contributed by atoms with van der Waals surface area (Å²) in [6, 6.07) is 0. The minimum atomic E-state index is 1.08. The molecule has 147 valence electrons. The lowest BCUT2D eigenvalue weighted by atomic mass is 10.0. The SMILES string of the molecule is [C]1=C/C=C\C=C/C=C\C=C/C=C\C=C/CCCCCCCCCCCCC\1. The molecule has 0 saturated carbocycles. The van der Waals surface area contributed by atoms with Gasteiger partial charge in [0, 0.05) is 0 Å². The highest BCUT2D eigenvalue weighted by Gasteiger charge is 1.93. The first-order valence-electron chi connectivity index (χ1n) is 11.1. The Hall–Kier alpha value is -1.82. The molecule has 1 radical (unpaired) electrons. The number of allylic oxidation sites excluding steroid dienone is 14. The van der Waals surface area contributed by atoms with E-state index in [4.69, 9.17) is 0 Å². The molecular weight excluding hydrogens is 324 g/mol. The fourth-order valence-electron chi connectivity index (χ4n) is 3.04. The van der Waals surface area contributed by atoms with E-state index in [2.05, 4.69) is 54.7 Å². The quantitative estimate of drug-likeness (QED) is 0.403. The summed E-state index contributed by atoms with van der Waals surface area (Å²) in [5.74, 6) is 0. The summed E-state index contributed by atoms with van der Waals surface area (Å²) in [4.78, 5) is 0. The number of rotatable bonds is 0. The predicted octanol–water partition coefficient (Wildman–Crippen LogP) is 8.77. The van der Waals surface area contributed by atoms with Crippen molar-refractivity contribution in [1.82, 2.24) is 0 Å². The molecule has 0 atom stereocenters. The average molecular weight is 364 g/mol. The molecule has 0 aliphatic heterocycles. The molecule has 0 heterocycles. The summed E-state index contributed by atoms with van der Waals surface area (Å²) in [5.41, 5.74) is 0. The maximum Gasteiger partial charge on any atom is -0.0276 e. The van der Waals surface area contributed by atoms with Gasteiger partial charge in [-0.2, -0.15) is 0 Å². The molecule has 0 amide bonds. The van der Waals surface area contributed by atoms with Gasteiger partial charge in [0.1, 0.15) is 0 Å². The number of hydrogen-bond donors (Lipinski definition) is 0.